The highest BCUT2D eigenvalue weighted by Gasteiger charge is 2.13. The molecule has 3 rings (SSSR count). The molecule has 5 heteroatoms. The number of fused-ring (bicyclic) bond motifs is 1. The molecule has 1 heterocycles. The van der Waals surface area contributed by atoms with Gasteiger partial charge in [-0.1, -0.05) is 31.2 Å². The molecule has 3 aromatic rings. The number of benzene rings is 2. The number of anilines is 1. The second kappa shape index (κ2) is 5.97. The van der Waals surface area contributed by atoms with E-state index in [1.807, 2.05) is 31.2 Å². The van der Waals surface area contributed by atoms with E-state index in [4.69, 9.17) is 0 Å². The Kier molecular flexibility index (Phi) is 3.87. The van der Waals surface area contributed by atoms with Crippen molar-refractivity contribution in [2.45, 2.75) is 19.3 Å². The Labute approximate surface area is 127 Å². The van der Waals surface area contributed by atoms with Crippen molar-refractivity contribution in [3.63, 3.8) is 0 Å². The zero-order valence-electron chi connectivity index (χ0n) is 12.1. The summed E-state index contributed by atoms with van der Waals surface area (Å²) in [6.45, 7) is 1.94. The van der Waals surface area contributed by atoms with Crippen LogP contribution in [0, 0.1) is 5.82 Å². The van der Waals surface area contributed by atoms with Crippen molar-refractivity contribution in [3.8, 4) is 0 Å². The number of carbonyl (C=O) groups excluding carboxylic acids is 1. The van der Waals surface area contributed by atoms with Crippen LogP contribution in [-0.2, 0) is 4.79 Å². The number of para-hydroxylation sites is 2. The maximum atomic E-state index is 12.9. The van der Waals surface area contributed by atoms with Crippen molar-refractivity contribution in [2.24, 2.45) is 0 Å². The number of carbonyl (C=O) groups is 1. The summed E-state index contributed by atoms with van der Waals surface area (Å²) in [5, 5.41) is 2.76. The molecule has 0 aliphatic rings. The zero-order valence-corrected chi connectivity index (χ0v) is 12.1. The van der Waals surface area contributed by atoms with Gasteiger partial charge < -0.3 is 4.98 Å². The van der Waals surface area contributed by atoms with Crippen molar-refractivity contribution >= 4 is 22.9 Å². The number of amides is 1. The first-order chi connectivity index (χ1) is 10.6. The Morgan fingerprint density at radius 1 is 1.23 bits per heavy atom. The van der Waals surface area contributed by atoms with Crippen LogP contribution in [0.2, 0.25) is 0 Å². The first-order valence-electron chi connectivity index (χ1n) is 7.12. The number of aromatic nitrogens is 2. The number of hydrogen-bond acceptors (Lipinski definition) is 2. The van der Waals surface area contributed by atoms with E-state index in [1.165, 1.54) is 12.1 Å². The van der Waals surface area contributed by atoms with Crippen molar-refractivity contribution in [2.75, 3.05) is 5.32 Å². The smallest absolute Gasteiger partial charge is 0.227 e. The maximum absolute atomic E-state index is 12.9. The lowest BCUT2D eigenvalue weighted by Gasteiger charge is -2.11. The fraction of sp³-hybridized carbons (Fsp3) is 0.176. The van der Waals surface area contributed by atoms with Gasteiger partial charge in [-0.05, 0) is 35.7 Å². The van der Waals surface area contributed by atoms with E-state index in [2.05, 4.69) is 15.3 Å². The molecular formula is C17H16FN3O. The van der Waals surface area contributed by atoms with Crippen LogP contribution in [0.15, 0.2) is 48.5 Å². The van der Waals surface area contributed by atoms with Crippen LogP contribution in [0.3, 0.4) is 0 Å². The largest absolute Gasteiger partial charge is 0.324 e. The van der Waals surface area contributed by atoms with Gasteiger partial charge in [0, 0.05) is 6.42 Å². The predicted molar refractivity (Wildman–Crippen MR) is 84.2 cm³/mol. The topological polar surface area (TPSA) is 57.8 Å². The quantitative estimate of drug-likeness (QED) is 0.769. The van der Waals surface area contributed by atoms with Gasteiger partial charge in [-0.2, -0.15) is 0 Å². The molecule has 22 heavy (non-hydrogen) atoms. The Morgan fingerprint density at radius 3 is 2.68 bits per heavy atom. The fourth-order valence-corrected chi connectivity index (χ4v) is 2.38. The molecule has 0 radical (unpaired) electrons. The summed E-state index contributed by atoms with van der Waals surface area (Å²) in [4.78, 5) is 19.5. The van der Waals surface area contributed by atoms with Gasteiger partial charge in [0.05, 0.1) is 11.0 Å². The van der Waals surface area contributed by atoms with E-state index in [1.54, 1.807) is 12.1 Å². The van der Waals surface area contributed by atoms with Crippen LogP contribution in [0.25, 0.3) is 11.0 Å². The number of aromatic amines is 1. The van der Waals surface area contributed by atoms with Crippen molar-refractivity contribution in [1.29, 1.82) is 0 Å². The molecule has 0 saturated carbocycles. The van der Waals surface area contributed by atoms with Crippen LogP contribution in [0.5, 0.6) is 0 Å². The van der Waals surface area contributed by atoms with E-state index in [-0.39, 0.29) is 17.6 Å². The molecule has 112 valence electrons. The Balaban J connectivity index is 1.65. The maximum Gasteiger partial charge on any atom is 0.227 e. The third-order valence-corrected chi connectivity index (χ3v) is 3.58. The standard InChI is InChI=1S/C17H16FN3O/c1-11(12-6-8-13(18)9-7-12)10-16(22)21-17-19-14-4-2-3-5-15(14)20-17/h2-9,11H,10H2,1H3,(H2,19,20,21,22)/t11-/m1/s1. The first-order valence-corrected chi connectivity index (χ1v) is 7.12. The average Bonchev–Trinajstić information content (AvgIpc) is 2.89. The van der Waals surface area contributed by atoms with Gasteiger partial charge in [0.25, 0.3) is 0 Å². The van der Waals surface area contributed by atoms with Gasteiger partial charge in [-0.3, -0.25) is 10.1 Å². The van der Waals surface area contributed by atoms with Gasteiger partial charge in [-0.15, -0.1) is 0 Å². The molecule has 0 aliphatic carbocycles. The molecule has 2 N–H and O–H groups in total. The summed E-state index contributed by atoms with van der Waals surface area (Å²) < 4.78 is 12.9. The SMILES string of the molecule is C[C@H](CC(=O)Nc1nc2ccccc2[nH]1)c1ccc(F)cc1. The highest BCUT2D eigenvalue weighted by Crippen LogP contribution is 2.20. The minimum atomic E-state index is -0.275. The molecule has 0 unspecified atom stereocenters. The molecule has 1 atom stereocenters. The van der Waals surface area contributed by atoms with E-state index in [0.29, 0.717) is 12.4 Å². The predicted octanol–water partition coefficient (Wildman–Crippen LogP) is 3.83. The minimum absolute atomic E-state index is 0.00461. The lowest BCUT2D eigenvalue weighted by Crippen LogP contribution is -2.15. The van der Waals surface area contributed by atoms with Crippen molar-refractivity contribution in [3.05, 3.63) is 59.9 Å². The van der Waals surface area contributed by atoms with Crippen LogP contribution in [-0.4, -0.2) is 15.9 Å². The molecule has 2 aromatic carbocycles. The lowest BCUT2D eigenvalue weighted by atomic mass is 9.97. The van der Waals surface area contributed by atoms with Crippen LogP contribution in [0.1, 0.15) is 24.8 Å². The van der Waals surface area contributed by atoms with Crippen LogP contribution < -0.4 is 5.32 Å². The highest BCUT2D eigenvalue weighted by atomic mass is 19.1. The summed E-state index contributed by atoms with van der Waals surface area (Å²) in [5.41, 5.74) is 2.62. The van der Waals surface area contributed by atoms with Crippen LogP contribution in [0.4, 0.5) is 10.3 Å². The summed E-state index contributed by atoms with van der Waals surface area (Å²) in [5.74, 6) is 0.0426. The van der Waals surface area contributed by atoms with Gasteiger partial charge in [-0.25, -0.2) is 9.37 Å². The van der Waals surface area contributed by atoms with E-state index >= 15 is 0 Å². The number of hydrogen-bond donors (Lipinski definition) is 2. The van der Waals surface area contributed by atoms with Gasteiger partial charge in [0.15, 0.2) is 0 Å². The summed E-state index contributed by atoms with van der Waals surface area (Å²) in [6.07, 6.45) is 0.308. The van der Waals surface area contributed by atoms with Gasteiger partial charge in [0.2, 0.25) is 11.9 Å². The molecule has 1 amide bonds. The van der Waals surface area contributed by atoms with Crippen molar-refractivity contribution < 1.29 is 9.18 Å². The second-order valence-corrected chi connectivity index (χ2v) is 5.31. The molecule has 4 nitrogen and oxygen atoms in total. The number of rotatable bonds is 4. The second-order valence-electron chi connectivity index (χ2n) is 5.31. The Bertz CT molecular complexity index is 762. The highest BCUT2D eigenvalue weighted by molar-refractivity contribution is 5.91. The number of imidazole rings is 1. The molecule has 0 aliphatic heterocycles. The Hall–Kier alpha value is -2.69. The van der Waals surface area contributed by atoms with Crippen molar-refractivity contribution in [1.82, 2.24) is 9.97 Å². The number of nitrogens with one attached hydrogen (secondary N) is 2. The summed E-state index contributed by atoms with van der Waals surface area (Å²) in [7, 11) is 0. The van der Waals surface area contributed by atoms with E-state index in [0.717, 1.165) is 16.6 Å². The molecule has 0 saturated heterocycles. The molecule has 0 fully saturated rings. The van der Waals surface area contributed by atoms with Gasteiger partial charge in [0.1, 0.15) is 5.82 Å². The summed E-state index contributed by atoms with van der Waals surface area (Å²) in [6, 6.07) is 13.8. The number of halogens is 1. The lowest BCUT2D eigenvalue weighted by molar-refractivity contribution is -0.116. The zero-order chi connectivity index (χ0) is 15.5. The average molecular weight is 297 g/mol. The fourth-order valence-electron chi connectivity index (χ4n) is 2.38. The third kappa shape index (κ3) is 3.14. The van der Waals surface area contributed by atoms with Crippen LogP contribution >= 0.6 is 0 Å². The number of H-pyrrole nitrogens is 1. The van der Waals surface area contributed by atoms with E-state index < -0.39 is 0 Å². The summed E-state index contributed by atoms with van der Waals surface area (Å²) >= 11 is 0. The normalized spacial score (nSPS) is 12.3. The third-order valence-electron chi connectivity index (χ3n) is 3.58. The number of nitrogens with zero attached hydrogens (tertiary/aromatic N) is 1. The van der Waals surface area contributed by atoms with E-state index in [9.17, 15) is 9.18 Å². The first kappa shape index (κ1) is 14.3. The molecule has 0 bridgehead atoms. The van der Waals surface area contributed by atoms with Gasteiger partial charge >= 0.3 is 0 Å². The minimum Gasteiger partial charge on any atom is -0.324 e. The molecule has 1 aromatic heterocycles. The molecular weight excluding hydrogens is 281 g/mol. The monoisotopic (exact) mass is 297 g/mol. The molecule has 0 spiro atoms. The Morgan fingerprint density at radius 2 is 1.95 bits per heavy atom.